The molecule has 124 valence electrons. The van der Waals surface area contributed by atoms with Crippen LogP contribution in [-0.2, 0) is 12.1 Å². The molecular weight excluding hydrogens is 324 g/mol. The van der Waals surface area contributed by atoms with Crippen molar-refractivity contribution in [3.05, 3.63) is 70.2 Å². The van der Waals surface area contributed by atoms with E-state index in [0.717, 1.165) is 11.4 Å². The van der Waals surface area contributed by atoms with Crippen LogP contribution in [0.3, 0.4) is 0 Å². The van der Waals surface area contributed by atoms with Crippen molar-refractivity contribution in [2.75, 3.05) is 0 Å². The van der Waals surface area contributed by atoms with Crippen molar-refractivity contribution in [1.82, 2.24) is 5.01 Å². The lowest BCUT2D eigenvalue weighted by Gasteiger charge is -2.31. The molecule has 24 heavy (non-hydrogen) atoms. The van der Waals surface area contributed by atoms with Gasteiger partial charge in [0.05, 0.1) is 0 Å². The van der Waals surface area contributed by atoms with Crippen molar-refractivity contribution < 1.29 is 9.90 Å². The normalized spacial score (nSPS) is 20.2. The topological polar surface area (TPSA) is 52.9 Å². The lowest BCUT2D eigenvalue weighted by atomic mass is 9.96. The predicted octanol–water partition coefficient (Wildman–Crippen LogP) is 3.97. The number of rotatable bonds is 3. The summed E-state index contributed by atoms with van der Waals surface area (Å²) in [7, 11) is 0. The molecule has 0 aromatic heterocycles. The Kier molecular flexibility index (Phi) is 4.43. The summed E-state index contributed by atoms with van der Waals surface area (Å²) in [6.45, 7) is 3.87. The molecule has 0 fully saturated rings. The third-order valence-corrected chi connectivity index (χ3v) is 4.45. The van der Waals surface area contributed by atoms with E-state index in [2.05, 4.69) is 12.0 Å². The fourth-order valence-electron chi connectivity index (χ4n) is 2.91. The van der Waals surface area contributed by atoms with Gasteiger partial charge in [0.1, 0.15) is 0 Å². The van der Waals surface area contributed by atoms with E-state index in [1.54, 1.807) is 31.2 Å². The van der Waals surface area contributed by atoms with Crippen molar-refractivity contribution in [3.63, 3.8) is 0 Å². The highest BCUT2D eigenvalue weighted by Crippen LogP contribution is 2.36. The van der Waals surface area contributed by atoms with Gasteiger partial charge in [0.25, 0.3) is 5.91 Å². The van der Waals surface area contributed by atoms with Gasteiger partial charge in [0, 0.05) is 28.3 Å². The first-order valence-electron chi connectivity index (χ1n) is 7.90. The summed E-state index contributed by atoms with van der Waals surface area (Å²) < 4.78 is 0. The van der Waals surface area contributed by atoms with Crippen LogP contribution in [0.25, 0.3) is 0 Å². The molecule has 4 nitrogen and oxygen atoms in total. The number of carbonyl (C=O) groups is 1. The van der Waals surface area contributed by atoms with Gasteiger partial charge in [0.15, 0.2) is 5.72 Å². The smallest absolute Gasteiger partial charge is 0.276 e. The van der Waals surface area contributed by atoms with E-state index in [-0.39, 0.29) is 12.3 Å². The highest BCUT2D eigenvalue weighted by atomic mass is 35.5. The molecule has 0 saturated carbocycles. The summed E-state index contributed by atoms with van der Waals surface area (Å²) in [5, 5.41) is 17.1. The van der Waals surface area contributed by atoms with E-state index in [1.807, 2.05) is 24.3 Å². The third kappa shape index (κ3) is 2.95. The molecule has 0 spiro atoms. The molecule has 3 rings (SSSR count). The number of carbonyl (C=O) groups excluding carboxylic acids is 1. The van der Waals surface area contributed by atoms with Gasteiger partial charge in [-0.25, -0.2) is 0 Å². The molecule has 0 aliphatic carbocycles. The second-order valence-electron chi connectivity index (χ2n) is 6.01. The molecule has 1 atom stereocenters. The van der Waals surface area contributed by atoms with Crippen LogP contribution in [0.1, 0.15) is 41.8 Å². The molecule has 2 aromatic rings. The zero-order valence-corrected chi connectivity index (χ0v) is 14.4. The molecule has 1 aliphatic heterocycles. The first-order chi connectivity index (χ1) is 11.4. The fraction of sp³-hybridized carbons (Fsp3) is 0.263. The quantitative estimate of drug-likeness (QED) is 0.917. The number of amides is 1. The standard InChI is InChI=1S/C19H19ClN2O2/c1-3-14-7-9-16(10-8-14)19(24)12-13(2)21-22(19)18(23)15-5-4-6-17(20)11-15/h4-11,24H,3,12H2,1-2H3. The average Bonchev–Trinajstić information content (AvgIpc) is 2.90. The van der Waals surface area contributed by atoms with Crippen LogP contribution in [0.4, 0.5) is 0 Å². The van der Waals surface area contributed by atoms with Crippen LogP contribution in [0.5, 0.6) is 0 Å². The minimum absolute atomic E-state index is 0.283. The summed E-state index contributed by atoms with van der Waals surface area (Å²) in [6, 6.07) is 14.3. The van der Waals surface area contributed by atoms with Crippen molar-refractivity contribution in [2.45, 2.75) is 32.4 Å². The third-order valence-electron chi connectivity index (χ3n) is 4.21. The van der Waals surface area contributed by atoms with Crippen LogP contribution in [0.15, 0.2) is 53.6 Å². The lowest BCUT2D eigenvalue weighted by Crippen LogP contribution is -2.43. The molecule has 1 aliphatic rings. The van der Waals surface area contributed by atoms with Gasteiger partial charge in [0.2, 0.25) is 0 Å². The molecule has 1 amide bonds. The number of nitrogens with zero attached hydrogens (tertiary/aromatic N) is 2. The van der Waals surface area contributed by atoms with Crippen LogP contribution >= 0.6 is 11.6 Å². The zero-order chi connectivity index (χ0) is 17.3. The summed E-state index contributed by atoms with van der Waals surface area (Å²) in [6.07, 6.45) is 1.20. The van der Waals surface area contributed by atoms with Crippen molar-refractivity contribution in [3.8, 4) is 0 Å². The Hall–Kier alpha value is -2.17. The maximum Gasteiger partial charge on any atom is 0.276 e. The molecule has 5 heteroatoms. The Morgan fingerprint density at radius 1 is 1.29 bits per heavy atom. The Labute approximate surface area is 146 Å². The van der Waals surface area contributed by atoms with Crippen LogP contribution in [-0.4, -0.2) is 21.7 Å². The largest absolute Gasteiger partial charge is 0.365 e. The SMILES string of the molecule is CCc1ccc(C2(O)CC(C)=NN2C(=O)c2cccc(Cl)c2)cc1. The molecular formula is C19H19ClN2O2. The highest BCUT2D eigenvalue weighted by molar-refractivity contribution is 6.31. The zero-order valence-electron chi connectivity index (χ0n) is 13.7. The van der Waals surface area contributed by atoms with E-state index in [0.29, 0.717) is 21.9 Å². The number of hydrogen-bond acceptors (Lipinski definition) is 3. The van der Waals surface area contributed by atoms with Crippen molar-refractivity contribution in [2.24, 2.45) is 5.10 Å². The summed E-state index contributed by atoms with van der Waals surface area (Å²) in [5.74, 6) is -0.378. The van der Waals surface area contributed by atoms with Gasteiger partial charge in [-0.3, -0.25) is 4.79 Å². The first kappa shape index (κ1) is 16.7. The lowest BCUT2D eigenvalue weighted by molar-refractivity contribution is -0.0765. The number of aryl methyl sites for hydroxylation is 1. The van der Waals surface area contributed by atoms with Gasteiger partial charge in [-0.1, -0.05) is 48.9 Å². The van der Waals surface area contributed by atoms with E-state index in [4.69, 9.17) is 11.6 Å². The summed E-state index contributed by atoms with van der Waals surface area (Å²) >= 11 is 5.98. The minimum atomic E-state index is -1.48. The van der Waals surface area contributed by atoms with E-state index >= 15 is 0 Å². The number of aliphatic hydroxyl groups is 1. The van der Waals surface area contributed by atoms with Crippen LogP contribution < -0.4 is 0 Å². The van der Waals surface area contributed by atoms with Gasteiger partial charge in [-0.2, -0.15) is 10.1 Å². The molecule has 1 N–H and O–H groups in total. The molecule has 0 radical (unpaired) electrons. The average molecular weight is 343 g/mol. The Bertz CT molecular complexity index is 801. The summed E-state index contributed by atoms with van der Waals surface area (Å²) in [5.41, 5.74) is 1.44. The van der Waals surface area contributed by atoms with Crippen molar-refractivity contribution >= 4 is 23.2 Å². The fourth-order valence-corrected chi connectivity index (χ4v) is 3.10. The second kappa shape index (κ2) is 6.38. The molecule has 0 saturated heterocycles. The number of benzene rings is 2. The predicted molar refractivity (Wildman–Crippen MR) is 95.1 cm³/mol. The van der Waals surface area contributed by atoms with Gasteiger partial charge >= 0.3 is 0 Å². The Morgan fingerprint density at radius 2 is 2.00 bits per heavy atom. The van der Waals surface area contributed by atoms with Gasteiger partial charge in [-0.15, -0.1) is 0 Å². The maximum atomic E-state index is 12.9. The Morgan fingerprint density at radius 3 is 2.62 bits per heavy atom. The molecule has 1 heterocycles. The van der Waals surface area contributed by atoms with Gasteiger partial charge < -0.3 is 5.11 Å². The molecule has 2 aromatic carbocycles. The number of hydrogen-bond donors (Lipinski definition) is 1. The van der Waals surface area contributed by atoms with E-state index in [9.17, 15) is 9.90 Å². The molecule has 0 bridgehead atoms. The Balaban J connectivity index is 1.99. The monoisotopic (exact) mass is 342 g/mol. The van der Waals surface area contributed by atoms with Crippen molar-refractivity contribution in [1.29, 1.82) is 0 Å². The number of hydrazone groups is 1. The van der Waals surface area contributed by atoms with Gasteiger partial charge in [-0.05, 0) is 37.1 Å². The summed E-state index contributed by atoms with van der Waals surface area (Å²) in [4.78, 5) is 12.9. The van der Waals surface area contributed by atoms with Crippen LogP contribution in [0, 0.1) is 0 Å². The van der Waals surface area contributed by atoms with E-state index < -0.39 is 5.72 Å². The second-order valence-corrected chi connectivity index (χ2v) is 6.44. The van der Waals surface area contributed by atoms with E-state index in [1.165, 1.54) is 5.56 Å². The first-order valence-corrected chi connectivity index (χ1v) is 8.28. The highest BCUT2D eigenvalue weighted by Gasteiger charge is 2.45. The number of halogens is 1. The maximum absolute atomic E-state index is 12.9. The minimum Gasteiger partial charge on any atom is -0.365 e. The molecule has 1 unspecified atom stereocenters. The van der Waals surface area contributed by atoms with Crippen LogP contribution in [0.2, 0.25) is 5.02 Å².